The summed E-state index contributed by atoms with van der Waals surface area (Å²) in [6.45, 7) is 6.30. The van der Waals surface area contributed by atoms with Gasteiger partial charge in [-0.15, -0.1) is 0 Å². The fraction of sp³-hybridized carbons (Fsp3) is 0.625. The first-order valence-electron chi connectivity index (χ1n) is 10.8. The molecule has 5 heteroatoms. The molecule has 1 aromatic carbocycles. The van der Waals surface area contributed by atoms with Gasteiger partial charge in [0.15, 0.2) is 0 Å². The van der Waals surface area contributed by atoms with Gasteiger partial charge < -0.3 is 20.1 Å². The van der Waals surface area contributed by atoms with E-state index in [1.807, 2.05) is 30.4 Å². The smallest absolute Gasteiger partial charge is 0.303 e. The maximum absolute atomic E-state index is 11.0. The number of hydrogen-bond donors (Lipinski definition) is 3. The molecule has 1 fully saturated rings. The summed E-state index contributed by atoms with van der Waals surface area (Å²) in [6, 6.07) is 5.88. The lowest BCUT2D eigenvalue weighted by molar-refractivity contribution is -0.136. The zero-order valence-corrected chi connectivity index (χ0v) is 17.7. The van der Waals surface area contributed by atoms with Crippen molar-refractivity contribution in [3.05, 3.63) is 41.5 Å². The van der Waals surface area contributed by atoms with E-state index in [2.05, 4.69) is 20.8 Å². The van der Waals surface area contributed by atoms with E-state index >= 15 is 0 Å². The quantitative estimate of drug-likeness (QED) is 0.542. The molecule has 1 aliphatic heterocycles. The second-order valence-electron chi connectivity index (χ2n) is 9.21. The molecular weight excluding hydrogens is 368 g/mol. The number of hydrogen-bond acceptors (Lipinski definition) is 4. The summed E-state index contributed by atoms with van der Waals surface area (Å²) in [7, 11) is 0. The van der Waals surface area contributed by atoms with E-state index in [4.69, 9.17) is 9.84 Å². The minimum absolute atomic E-state index is 0.0342. The van der Waals surface area contributed by atoms with E-state index in [1.165, 1.54) is 0 Å². The maximum atomic E-state index is 11.0. The van der Waals surface area contributed by atoms with Crippen LogP contribution in [0.25, 0.3) is 0 Å². The molecule has 29 heavy (non-hydrogen) atoms. The molecule has 0 aromatic heterocycles. The highest BCUT2D eigenvalue weighted by Crippen LogP contribution is 2.52. The van der Waals surface area contributed by atoms with Crippen LogP contribution in [0, 0.1) is 11.3 Å². The standard InChI is InChI=1S/C24H34O5/c1-4-5-13-24(2,3)20(26)11-10-16-18(25)14-19-22(16)17-8-6-7-15(23(17)29-19)9-12-21(27)28/h6-8,10-11,16,18-20,22,25-26H,4-5,9,12-14H2,1-3H3,(H,27,28)/t16-,18?,19?,20?,22?/m0/s1. The first kappa shape index (κ1) is 21.8. The SMILES string of the molecule is CCCCC(C)(C)C(O)C=C[C@H]1C(O)CC2Oc3c(CCC(=O)O)cccc3C21. The lowest BCUT2D eigenvalue weighted by atomic mass is 9.80. The lowest BCUT2D eigenvalue weighted by Gasteiger charge is -2.29. The van der Waals surface area contributed by atoms with Gasteiger partial charge in [0, 0.05) is 30.2 Å². The number of aryl methyl sites for hydroxylation is 1. The molecule has 160 valence electrons. The first-order valence-corrected chi connectivity index (χ1v) is 10.8. The van der Waals surface area contributed by atoms with Gasteiger partial charge >= 0.3 is 5.97 Å². The molecule has 0 saturated heterocycles. The Balaban J connectivity index is 1.78. The zero-order chi connectivity index (χ0) is 21.2. The summed E-state index contributed by atoms with van der Waals surface area (Å²) in [5.41, 5.74) is 1.75. The molecule has 0 spiro atoms. The van der Waals surface area contributed by atoms with Crippen LogP contribution in [0.1, 0.15) is 69.9 Å². The largest absolute Gasteiger partial charge is 0.489 e. The van der Waals surface area contributed by atoms with Crippen molar-refractivity contribution in [3.63, 3.8) is 0 Å². The molecular formula is C24H34O5. The van der Waals surface area contributed by atoms with Crippen molar-refractivity contribution in [1.82, 2.24) is 0 Å². The van der Waals surface area contributed by atoms with Crippen LogP contribution >= 0.6 is 0 Å². The molecule has 5 nitrogen and oxygen atoms in total. The summed E-state index contributed by atoms with van der Waals surface area (Å²) < 4.78 is 6.17. The van der Waals surface area contributed by atoms with E-state index < -0.39 is 18.2 Å². The summed E-state index contributed by atoms with van der Waals surface area (Å²) >= 11 is 0. The number of unbranched alkanes of at least 4 members (excludes halogenated alkanes) is 1. The van der Waals surface area contributed by atoms with Crippen LogP contribution in [-0.4, -0.2) is 39.6 Å². The molecule has 0 radical (unpaired) electrons. The summed E-state index contributed by atoms with van der Waals surface area (Å²) in [6.07, 6.45) is 6.81. The van der Waals surface area contributed by atoms with Crippen LogP contribution in [0.5, 0.6) is 5.75 Å². The van der Waals surface area contributed by atoms with E-state index in [0.29, 0.717) is 12.8 Å². The molecule has 2 aliphatic rings. The summed E-state index contributed by atoms with van der Waals surface area (Å²) in [5, 5.41) is 30.3. The van der Waals surface area contributed by atoms with Crippen LogP contribution in [0.15, 0.2) is 30.4 Å². The molecule has 1 aromatic rings. The normalized spacial score (nSPS) is 26.9. The molecule has 1 saturated carbocycles. The number of para-hydroxylation sites is 1. The second-order valence-corrected chi connectivity index (χ2v) is 9.21. The Hall–Kier alpha value is -1.85. The minimum atomic E-state index is -0.822. The van der Waals surface area contributed by atoms with Crippen LogP contribution in [0.3, 0.4) is 0 Å². The number of aliphatic hydroxyl groups excluding tert-OH is 2. The monoisotopic (exact) mass is 402 g/mol. The van der Waals surface area contributed by atoms with Gasteiger partial charge in [0.2, 0.25) is 0 Å². The topological polar surface area (TPSA) is 87.0 Å². The van der Waals surface area contributed by atoms with Crippen molar-refractivity contribution >= 4 is 5.97 Å². The number of rotatable bonds is 9. The Kier molecular flexibility index (Phi) is 6.69. The van der Waals surface area contributed by atoms with Gasteiger partial charge in [-0.1, -0.05) is 64.0 Å². The first-order chi connectivity index (χ1) is 13.7. The van der Waals surface area contributed by atoms with Crippen molar-refractivity contribution in [2.45, 2.75) is 83.5 Å². The third-order valence-electron chi connectivity index (χ3n) is 6.59. The fourth-order valence-electron chi connectivity index (χ4n) is 4.68. The van der Waals surface area contributed by atoms with Gasteiger partial charge in [-0.05, 0) is 23.8 Å². The van der Waals surface area contributed by atoms with Gasteiger partial charge in [-0.25, -0.2) is 0 Å². The number of carbonyl (C=O) groups is 1. The summed E-state index contributed by atoms with van der Waals surface area (Å²) in [4.78, 5) is 11.0. The lowest BCUT2D eigenvalue weighted by Crippen LogP contribution is -2.28. The number of ether oxygens (including phenoxy) is 1. The second kappa shape index (κ2) is 8.88. The predicted molar refractivity (Wildman–Crippen MR) is 112 cm³/mol. The Morgan fingerprint density at radius 3 is 2.83 bits per heavy atom. The number of carboxylic acids is 1. The van der Waals surface area contributed by atoms with Crippen LogP contribution in [-0.2, 0) is 11.2 Å². The zero-order valence-electron chi connectivity index (χ0n) is 17.7. The van der Waals surface area contributed by atoms with Gasteiger partial charge in [0.1, 0.15) is 11.9 Å². The predicted octanol–water partition coefficient (Wildman–Crippen LogP) is 4.06. The highest BCUT2D eigenvalue weighted by molar-refractivity contribution is 5.67. The van der Waals surface area contributed by atoms with Crippen molar-refractivity contribution in [1.29, 1.82) is 0 Å². The number of aliphatic hydroxyl groups is 2. The highest BCUT2D eigenvalue weighted by Gasteiger charge is 2.49. The third-order valence-corrected chi connectivity index (χ3v) is 6.59. The summed E-state index contributed by atoms with van der Waals surface area (Å²) in [5.74, 6) is -0.117. The fourth-order valence-corrected chi connectivity index (χ4v) is 4.68. The van der Waals surface area contributed by atoms with Gasteiger partial charge in [-0.3, -0.25) is 4.79 Å². The molecule has 0 amide bonds. The number of fused-ring (bicyclic) bond motifs is 3. The van der Waals surface area contributed by atoms with Crippen LogP contribution in [0.4, 0.5) is 0 Å². The van der Waals surface area contributed by atoms with Crippen molar-refractivity contribution in [2.24, 2.45) is 11.3 Å². The van der Waals surface area contributed by atoms with Crippen LogP contribution < -0.4 is 4.74 Å². The van der Waals surface area contributed by atoms with E-state index in [-0.39, 0.29) is 29.8 Å². The Labute approximate surface area is 173 Å². The molecule has 3 N–H and O–H groups in total. The third kappa shape index (κ3) is 4.67. The number of aliphatic carboxylic acids is 1. The Morgan fingerprint density at radius 1 is 1.38 bits per heavy atom. The maximum Gasteiger partial charge on any atom is 0.303 e. The number of benzene rings is 1. The molecule has 0 bridgehead atoms. The van der Waals surface area contributed by atoms with Crippen molar-refractivity contribution in [3.8, 4) is 5.75 Å². The molecule has 1 heterocycles. The average Bonchev–Trinajstić information content (AvgIpc) is 3.17. The van der Waals surface area contributed by atoms with Gasteiger partial charge in [0.25, 0.3) is 0 Å². The molecule has 4 unspecified atom stereocenters. The minimum Gasteiger partial charge on any atom is -0.489 e. The van der Waals surface area contributed by atoms with Gasteiger partial charge in [0.05, 0.1) is 12.2 Å². The average molecular weight is 403 g/mol. The van der Waals surface area contributed by atoms with E-state index in [1.54, 1.807) is 0 Å². The highest BCUT2D eigenvalue weighted by atomic mass is 16.5. The molecule has 5 atom stereocenters. The van der Waals surface area contributed by atoms with E-state index in [9.17, 15) is 15.0 Å². The molecule has 1 aliphatic carbocycles. The Bertz CT molecular complexity index is 754. The van der Waals surface area contributed by atoms with Crippen LogP contribution in [0.2, 0.25) is 0 Å². The van der Waals surface area contributed by atoms with Gasteiger partial charge in [-0.2, -0.15) is 0 Å². The van der Waals surface area contributed by atoms with Crippen molar-refractivity contribution in [2.75, 3.05) is 0 Å². The van der Waals surface area contributed by atoms with Crippen molar-refractivity contribution < 1.29 is 24.9 Å². The van der Waals surface area contributed by atoms with E-state index in [0.717, 1.165) is 36.1 Å². The molecule has 3 rings (SSSR count). The Morgan fingerprint density at radius 2 is 2.14 bits per heavy atom. The number of carboxylic acid groups (broad SMARTS) is 1.